The second-order valence-corrected chi connectivity index (χ2v) is 5.38. The average molecular weight is 321 g/mol. The highest BCUT2D eigenvalue weighted by Crippen LogP contribution is 2.09. The van der Waals surface area contributed by atoms with Gasteiger partial charge < -0.3 is 15.7 Å². The summed E-state index contributed by atoms with van der Waals surface area (Å²) in [6, 6.07) is 6.51. The Morgan fingerprint density at radius 3 is 2.35 bits per heavy atom. The van der Waals surface area contributed by atoms with Gasteiger partial charge in [-0.1, -0.05) is 17.7 Å². The van der Waals surface area contributed by atoms with Crippen molar-refractivity contribution in [3.05, 3.63) is 29.8 Å². The number of aliphatic carboxylic acids is 1. The zero-order valence-corrected chi connectivity index (χ0v) is 13.6. The third-order valence-corrected chi connectivity index (χ3v) is 3.36. The number of carbonyl (C=O) groups excluding carboxylic acids is 2. The molecule has 126 valence electrons. The third kappa shape index (κ3) is 6.92. The van der Waals surface area contributed by atoms with Crippen LogP contribution in [-0.4, -0.2) is 53.5 Å². The normalized spacial score (nSPS) is 11.8. The van der Waals surface area contributed by atoms with Crippen LogP contribution in [-0.2, 0) is 14.4 Å². The lowest BCUT2D eigenvalue weighted by Gasteiger charge is -2.25. The standard InChI is InChI=1S/C16H23N3O4/c1-11-4-6-14(7-5-11)18-15(21)10-19(12(2)16(22)23)9-8-17-13(3)20/h4-7,12H,8-10H2,1-3H3,(H,17,20)(H,18,21)(H,22,23). The number of rotatable bonds is 8. The van der Waals surface area contributed by atoms with Gasteiger partial charge in [-0.15, -0.1) is 0 Å². The van der Waals surface area contributed by atoms with Crippen molar-refractivity contribution in [2.75, 3.05) is 25.0 Å². The van der Waals surface area contributed by atoms with Gasteiger partial charge in [0.25, 0.3) is 0 Å². The molecule has 0 aliphatic heterocycles. The molecule has 1 aromatic rings. The summed E-state index contributed by atoms with van der Waals surface area (Å²) < 4.78 is 0. The van der Waals surface area contributed by atoms with E-state index in [0.29, 0.717) is 5.69 Å². The Morgan fingerprint density at radius 1 is 1.22 bits per heavy atom. The maximum absolute atomic E-state index is 12.1. The van der Waals surface area contributed by atoms with Gasteiger partial charge >= 0.3 is 5.97 Å². The molecule has 2 amide bonds. The van der Waals surface area contributed by atoms with Crippen LogP contribution in [0.15, 0.2) is 24.3 Å². The lowest BCUT2D eigenvalue weighted by Crippen LogP contribution is -2.46. The third-order valence-electron chi connectivity index (χ3n) is 3.36. The minimum absolute atomic E-state index is 0.0685. The van der Waals surface area contributed by atoms with Crippen LogP contribution in [0.25, 0.3) is 0 Å². The number of benzene rings is 1. The highest BCUT2D eigenvalue weighted by atomic mass is 16.4. The summed E-state index contributed by atoms with van der Waals surface area (Å²) in [4.78, 5) is 35.6. The summed E-state index contributed by atoms with van der Waals surface area (Å²) in [7, 11) is 0. The smallest absolute Gasteiger partial charge is 0.320 e. The van der Waals surface area contributed by atoms with Gasteiger partial charge in [-0.05, 0) is 26.0 Å². The van der Waals surface area contributed by atoms with E-state index in [4.69, 9.17) is 5.11 Å². The monoisotopic (exact) mass is 321 g/mol. The van der Waals surface area contributed by atoms with E-state index in [1.54, 1.807) is 12.1 Å². The van der Waals surface area contributed by atoms with Crippen molar-refractivity contribution < 1.29 is 19.5 Å². The fourth-order valence-corrected chi connectivity index (χ4v) is 1.96. The predicted molar refractivity (Wildman–Crippen MR) is 87.2 cm³/mol. The largest absolute Gasteiger partial charge is 0.480 e. The topological polar surface area (TPSA) is 98.7 Å². The number of anilines is 1. The number of nitrogens with one attached hydrogen (secondary N) is 2. The van der Waals surface area contributed by atoms with Gasteiger partial charge in [0.15, 0.2) is 0 Å². The minimum atomic E-state index is -1.02. The van der Waals surface area contributed by atoms with E-state index in [9.17, 15) is 14.4 Å². The molecule has 7 nitrogen and oxygen atoms in total. The summed E-state index contributed by atoms with van der Waals surface area (Å²) in [6.07, 6.45) is 0. The average Bonchev–Trinajstić information content (AvgIpc) is 2.47. The Labute approximate surface area is 135 Å². The molecule has 0 saturated carbocycles. The highest BCUT2D eigenvalue weighted by Gasteiger charge is 2.22. The van der Waals surface area contributed by atoms with E-state index in [2.05, 4.69) is 10.6 Å². The molecule has 1 atom stereocenters. The maximum Gasteiger partial charge on any atom is 0.320 e. The fourth-order valence-electron chi connectivity index (χ4n) is 1.96. The number of nitrogens with zero attached hydrogens (tertiary/aromatic N) is 1. The molecule has 0 aliphatic carbocycles. The van der Waals surface area contributed by atoms with E-state index in [1.165, 1.54) is 18.7 Å². The van der Waals surface area contributed by atoms with Crippen LogP contribution in [0.4, 0.5) is 5.69 Å². The predicted octanol–water partition coefficient (Wildman–Crippen LogP) is 0.845. The Hall–Kier alpha value is -2.41. The number of carboxylic acids is 1. The van der Waals surface area contributed by atoms with Crippen LogP contribution in [0.2, 0.25) is 0 Å². The summed E-state index contributed by atoms with van der Waals surface area (Å²) >= 11 is 0. The molecule has 1 aromatic carbocycles. The van der Waals surface area contributed by atoms with E-state index >= 15 is 0 Å². The van der Waals surface area contributed by atoms with Crippen LogP contribution in [0.1, 0.15) is 19.4 Å². The molecule has 0 bridgehead atoms. The van der Waals surface area contributed by atoms with Crippen LogP contribution < -0.4 is 10.6 Å². The van der Waals surface area contributed by atoms with Gasteiger partial charge in [0.1, 0.15) is 6.04 Å². The summed E-state index contributed by atoms with van der Waals surface area (Å²) in [6.45, 7) is 5.33. The van der Waals surface area contributed by atoms with E-state index < -0.39 is 12.0 Å². The lowest BCUT2D eigenvalue weighted by molar-refractivity contribution is -0.142. The van der Waals surface area contributed by atoms with Crippen LogP contribution in [0, 0.1) is 6.92 Å². The van der Waals surface area contributed by atoms with Gasteiger partial charge in [0.2, 0.25) is 11.8 Å². The molecule has 0 fully saturated rings. The van der Waals surface area contributed by atoms with Gasteiger partial charge in [-0.2, -0.15) is 0 Å². The molecule has 23 heavy (non-hydrogen) atoms. The molecule has 0 aromatic heterocycles. The van der Waals surface area contributed by atoms with Crippen LogP contribution in [0.3, 0.4) is 0 Å². The molecule has 0 heterocycles. The van der Waals surface area contributed by atoms with E-state index in [0.717, 1.165) is 5.56 Å². The molecule has 0 saturated heterocycles. The molecule has 0 radical (unpaired) electrons. The van der Waals surface area contributed by atoms with Crippen molar-refractivity contribution >= 4 is 23.5 Å². The summed E-state index contributed by atoms with van der Waals surface area (Å²) in [5, 5.41) is 14.5. The van der Waals surface area contributed by atoms with Crippen molar-refractivity contribution in [1.82, 2.24) is 10.2 Å². The number of hydrogen-bond donors (Lipinski definition) is 3. The second kappa shape index (κ2) is 8.89. The molecule has 1 unspecified atom stereocenters. The van der Waals surface area contributed by atoms with Crippen molar-refractivity contribution in [2.24, 2.45) is 0 Å². The Bertz CT molecular complexity index is 557. The van der Waals surface area contributed by atoms with Crippen molar-refractivity contribution in [3.8, 4) is 0 Å². The van der Waals surface area contributed by atoms with Gasteiger partial charge in [-0.3, -0.25) is 19.3 Å². The van der Waals surface area contributed by atoms with Crippen LogP contribution in [0.5, 0.6) is 0 Å². The SMILES string of the molecule is CC(=O)NCCN(CC(=O)Nc1ccc(C)cc1)C(C)C(=O)O. The van der Waals surface area contributed by atoms with Crippen molar-refractivity contribution in [2.45, 2.75) is 26.8 Å². The first-order chi connectivity index (χ1) is 10.8. The molecule has 1 rings (SSSR count). The Kier molecular flexibility index (Phi) is 7.21. The first kappa shape index (κ1) is 18.6. The molecule has 0 spiro atoms. The summed E-state index contributed by atoms with van der Waals surface area (Å²) in [5.74, 6) is -1.52. The fraction of sp³-hybridized carbons (Fsp3) is 0.438. The quantitative estimate of drug-likeness (QED) is 0.659. The van der Waals surface area contributed by atoms with Gasteiger partial charge in [0.05, 0.1) is 6.54 Å². The van der Waals surface area contributed by atoms with E-state index in [-0.39, 0.29) is 31.4 Å². The minimum Gasteiger partial charge on any atom is -0.480 e. The Morgan fingerprint density at radius 2 is 1.83 bits per heavy atom. The van der Waals surface area contributed by atoms with Gasteiger partial charge in [0, 0.05) is 25.7 Å². The summed E-state index contributed by atoms with van der Waals surface area (Å²) in [5.41, 5.74) is 1.74. The lowest BCUT2D eigenvalue weighted by atomic mass is 10.2. The second-order valence-electron chi connectivity index (χ2n) is 5.38. The highest BCUT2D eigenvalue weighted by molar-refractivity contribution is 5.92. The number of hydrogen-bond acceptors (Lipinski definition) is 4. The first-order valence-corrected chi connectivity index (χ1v) is 7.37. The molecular weight excluding hydrogens is 298 g/mol. The maximum atomic E-state index is 12.1. The molecular formula is C16H23N3O4. The number of amides is 2. The zero-order chi connectivity index (χ0) is 17.4. The zero-order valence-electron chi connectivity index (χ0n) is 13.6. The van der Waals surface area contributed by atoms with Gasteiger partial charge in [-0.25, -0.2) is 0 Å². The molecule has 7 heteroatoms. The molecule has 3 N–H and O–H groups in total. The van der Waals surface area contributed by atoms with Crippen LogP contribution >= 0.6 is 0 Å². The number of carbonyl (C=O) groups is 3. The van der Waals surface area contributed by atoms with Crippen molar-refractivity contribution in [1.29, 1.82) is 0 Å². The van der Waals surface area contributed by atoms with E-state index in [1.807, 2.05) is 19.1 Å². The molecule has 0 aliphatic rings. The number of carboxylic acid groups (broad SMARTS) is 1. The number of aryl methyl sites for hydroxylation is 1. The first-order valence-electron chi connectivity index (χ1n) is 7.37. The van der Waals surface area contributed by atoms with Crippen molar-refractivity contribution in [3.63, 3.8) is 0 Å². The Balaban J connectivity index is 2.63.